The molecule has 0 bridgehead atoms. The fourth-order valence-electron chi connectivity index (χ4n) is 1.59. The Hall–Kier alpha value is 1.08. The van der Waals surface area contributed by atoms with Crippen molar-refractivity contribution < 1.29 is 0 Å². The van der Waals surface area contributed by atoms with E-state index in [0.29, 0.717) is 5.41 Å². The van der Waals surface area contributed by atoms with E-state index in [9.17, 15) is 0 Å². The Morgan fingerprint density at radius 1 is 1.36 bits per heavy atom. The molecule has 0 saturated carbocycles. The SMILES string of the molecule is CC(C)(CI)C1CCSCC1. The molecule has 1 aliphatic rings. The molecule has 0 aliphatic carbocycles. The van der Waals surface area contributed by atoms with Crippen molar-refractivity contribution in [2.24, 2.45) is 11.3 Å². The Labute approximate surface area is 88.0 Å². The van der Waals surface area contributed by atoms with Gasteiger partial charge in [-0.1, -0.05) is 36.4 Å². The van der Waals surface area contributed by atoms with Gasteiger partial charge in [0, 0.05) is 4.43 Å². The smallest absolute Gasteiger partial charge is 0.00493 e. The molecule has 0 radical (unpaired) electrons. The van der Waals surface area contributed by atoms with Crippen LogP contribution in [0.2, 0.25) is 0 Å². The average molecular weight is 284 g/mol. The van der Waals surface area contributed by atoms with Crippen molar-refractivity contribution in [1.82, 2.24) is 0 Å². The van der Waals surface area contributed by atoms with Crippen LogP contribution in [-0.2, 0) is 0 Å². The van der Waals surface area contributed by atoms with Crippen LogP contribution in [0.5, 0.6) is 0 Å². The molecule has 1 fully saturated rings. The maximum Gasteiger partial charge on any atom is 0.00493 e. The summed E-state index contributed by atoms with van der Waals surface area (Å²) in [5.41, 5.74) is 0.585. The van der Waals surface area contributed by atoms with Gasteiger partial charge in [0.15, 0.2) is 0 Å². The summed E-state index contributed by atoms with van der Waals surface area (Å²) >= 11 is 4.65. The maximum absolute atomic E-state index is 2.53. The zero-order valence-electron chi connectivity index (χ0n) is 7.40. The molecule has 0 atom stereocenters. The molecule has 11 heavy (non-hydrogen) atoms. The minimum absolute atomic E-state index is 0.585. The van der Waals surface area contributed by atoms with Gasteiger partial charge in [-0.3, -0.25) is 0 Å². The lowest BCUT2D eigenvalue weighted by atomic mass is 9.77. The molecule has 1 aliphatic heterocycles. The summed E-state index contributed by atoms with van der Waals surface area (Å²) in [6, 6.07) is 0. The molecule has 0 N–H and O–H groups in total. The van der Waals surface area contributed by atoms with Gasteiger partial charge in [0.05, 0.1) is 0 Å². The van der Waals surface area contributed by atoms with Crippen molar-refractivity contribution in [3.63, 3.8) is 0 Å². The van der Waals surface area contributed by atoms with E-state index >= 15 is 0 Å². The largest absolute Gasteiger partial charge is 0.162 e. The lowest BCUT2D eigenvalue weighted by Gasteiger charge is -2.35. The lowest BCUT2D eigenvalue weighted by Crippen LogP contribution is -2.28. The van der Waals surface area contributed by atoms with E-state index in [1.807, 2.05) is 0 Å². The second-order valence-corrected chi connectivity index (χ2v) is 6.00. The third kappa shape index (κ3) is 2.79. The highest BCUT2D eigenvalue weighted by molar-refractivity contribution is 14.1. The van der Waals surface area contributed by atoms with Gasteiger partial charge in [0.1, 0.15) is 0 Å². The summed E-state index contributed by atoms with van der Waals surface area (Å²) in [5.74, 6) is 3.77. The second kappa shape index (κ2) is 4.35. The predicted molar refractivity (Wildman–Crippen MR) is 62.7 cm³/mol. The number of hydrogen-bond donors (Lipinski definition) is 0. The summed E-state index contributed by atoms with van der Waals surface area (Å²) in [4.78, 5) is 0. The number of hydrogen-bond acceptors (Lipinski definition) is 1. The van der Waals surface area contributed by atoms with E-state index < -0.39 is 0 Å². The Kier molecular flexibility index (Phi) is 4.02. The van der Waals surface area contributed by atoms with E-state index in [4.69, 9.17) is 0 Å². The van der Waals surface area contributed by atoms with Crippen LogP contribution in [0.15, 0.2) is 0 Å². The molecule has 0 aromatic heterocycles. The van der Waals surface area contributed by atoms with E-state index in [1.165, 1.54) is 28.8 Å². The average Bonchev–Trinajstić information content (AvgIpc) is 2.06. The van der Waals surface area contributed by atoms with Gasteiger partial charge in [-0.2, -0.15) is 11.8 Å². The molecule has 0 unspecified atom stereocenters. The molecular weight excluding hydrogens is 267 g/mol. The van der Waals surface area contributed by atoms with Crippen molar-refractivity contribution in [3.05, 3.63) is 0 Å². The zero-order chi connectivity index (χ0) is 8.32. The zero-order valence-corrected chi connectivity index (χ0v) is 10.4. The van der Waals surface area contributed by atoms with Crippen LogP contribution in [0, 0.1) is 11.3 Å². The number of alkyl halides is 1. The summed E-state index contributed by atoms with van der Waals surface area (Å²) < 4.78 is 1.31. The predicted octanol–water partition coefficient (Wildman–Crippen LogP) is 3.59. The van der Waals surface area contributed by atoms with Crippen LogP contribution in [0.3, 0.4) is 0 Å². The monoisotopic (exact) mass is 284 g/mol. The topological polar surface area (TPSA) is 0 Å². The third-order valence-electron chi connectivity index (χ3n) is 2.67. The normalized spacial score (nSPS) is 22.1. The Balaban J connectivity index is 2.43. The highest BCUT2D eigenvalue weighted by Gasteiger charge is 2.29. The molecule has 0 aromatic carbocycles. The van der Waals surface area contributed by atoms with Gasteiger partial charge in [-0.25, -0.2) is 0 Å². The van der Waals surface area contributed by atoms with Crippen molar-refractivity contribution in [3.8, 4) is 0 Å². The quantitative estimate of drug-likeness (QED) is 0.551. The van der Waals surface area contributed by atoms with E-state index in [2.05, 4.69) is 48.2 Å². The molecule has 0 aromatic rings. The highest BCUT2D eigenvalue weighted by atomic mass is 127. The Morgan fingerprint density at radius 2 is 1.91 bits per heavy atom. The van der Waals surface area contributed by atoms with Gasteiger partial charge in [0.2, 0.25) is 0 Å². The van der Waals surface area contributed by atoms with Crippen molar-refractivity contribution in [2.45, 2.75) is 26.7 Å². The molecule has 0 spiro atoms. The maximum atomic E-state index is 2.53. The minimum Gasteiger partial charge on any atom is -0.162 e. The van der Waals surface area contributed by atoms with Gasteiger partial charge in [-0.05, 0) is 35.7 Å². The fraction of sp³-hybridized carbons (Fsp3) is 1.00. The summed E-state index contributed by atoms with van der Waals surface area (Å²) in [6.07, 6.45) is 2.89. The van der Waals surface area contributed by atoms with Gasteiger partial charge in [0.25, 0.3) is 0 Å². The first kappa shape index (κ1) is 10.2. The van der Waals surface area contributed by atoms with Crippen LogP contribution < -0.4 is 0 Å². The van der Waals surface area contributed by atoms with Gasteiger partial charge >= 0.3 is 0 Å². The Morgan fingerprint density at radius 3 is 2.36 bits per heavy atom. The molecule has 1 heterocycles. The van der Waals surface area contributed by atoms with E-state index in [0.717, 1.165) is 5.92 Å². The molecule has 2 heteroatoms. The van der Waals surface area contributed by atoms with Crippen LogP contribution >= 0.6 is 34.4 Å². The van der Waals surface area contributed by atoms with Crippen LogP contribution in [0.4, 0.5) is 0 Å². The Bertz CT molecular complexity index is 117. The number of rotatable bonds is 2. The molecule has 0 nitrogen and oxygen atoms in total. The minimum atomic E-state index is 0.585. The van der Waals surface area contributed by atoms with E-state index in [-0.39, 0.29) is 0 Å². The van der Waals surface area contributed by atoms with Crippen molar-refractivity contribution in [1.29, 1.82) is 0 Å². The first-order valence-corrected chi connectivity index (χ1v) is 6.98. The van der Waals surface area contributed by atoms with E-state index in [1.54, 1.807) is 0 Å². The van der Waals surface area contributed by atoms with Gasteiger partial charge in [-0.15, -0.1) is 0 Å². The third-order valence-corrected chi connectivity index (χ3v) is 5.69. The van der Waals surface area contributed by atoms with Gasteiger partial charge < -0.3 is 0 Å². The molecule has 66 valence electrons. The van der Waals surface area contributed by atoms with Crippen molar-refractivity contribution in [2.75, 3.05) is 15.9 Å². The number of thioether (sulfide) groups is 1. The van der Waals surface area contributed by atoms with Crippen LogP contribution in [0.1, 0.15) is 26.7 Å². The lowest BCUT2D eigenvalue weighted by molar-refractivity contribution is 0.236. The summed E-state index contributed by atoms with van der Waals surface area (Å²) in [6.45, 7) is 4.83. The second-order valence-electron chi connectivity index (χ2n) is 4.01. The first-order chi connectivity index (χ1) is 5.17. The fourth-order valence-corrected chi connectivity index (χ4v) is 3.32. The molecule has 0 amide bonds. The summed E-state index contributed by atoms with van der Waals surface area (Å²) in [7, 11) is 0. The van der Waals surface area contributed by atoms with Crippen LogP contribution in [-0.4, -0.2) is 15.9 Å². The molecular formula is C9H17IS. The number of halogens is 1. The summed E-state index contributed by atoms with van der Waals surface area (Å²) in [5, 5.41) is 0. The molecule has 1 saturated heterocycles. The first-order valence-electron chi connectivity index (χ1n) is 4.30. The molecule has 1 rings (SSSR count). The van der Waals surface area contributed by atoms with Crippen molar-refractivity contribution >= 4 is 34.4 Å². The highest BCUT2D eigenvalue weighted by Crippen LogP contribution is 2.38. The van der Waals surface area contributed by atoms with Crippen LogP contribution in [0.25, 0.3) is 0 Å². The standard InChI is InChI=1S/C9H17IS/c1-9(2,7-10)8-3-5-11-6-4-8/h8H,3-7H2,1-2H3.